The first kappa shape index (κ1) is 13.4. The van der Waals surface area contributed by atoms with Gasteiger partial charge in [-0.05, 0) is 39.0 Å². The van der Waals surface area contributed by atoms with E-state index in [1.807, 2.05) is 25.8 Å². The van der Waals surface area contributed by atoms with E-state index >= 15 is 0 Å². The maximum absolute atomic E-state index is 12.4. The third kappa shape index (κ3) is 2.37. The normalized spacial score (nSPS) is 21.0. The van der Waals surface area contributed by atoms with E-state index in [0.29, 0.717) is 23.4 Å². The maximum Gasteiger partial charge on any atom is 0.235 e. The van der Waals surface area contributed by atoms with Gasteiger partial charge in [-0.15, -0.1) is 0 Å². The molecule has 0 aromatic carbocycles. The Labute approximate surface area is 103 Å². The summed E-state index contributed by atoms with van der Waals surface area (Å²) in [4.78, 5) is 14.5. The van der Waals surface area contributed by atoms with Crippen LogP contribution in [-0.2, 0) is 4.79 Å². The predicted octanol–water partition coefficient (Wildman–Crippen LogP) is 1.95. The zero-order valence-corrected chi connectivity index (χ0v) is 11.4. The fraction of sp³-hybridized carbons (Fsp3) is 0.833. The van der Waals surface area contributed by atoms with E-state index in [1.165, 1.54) is 12.8 Å². The van der Waals surface area contributed by atoms with Gasteiger partial charge in [0.15, 0.2) is 0 Å². The first-order valence-corrected chi connectivity index (χ1v) is 6.32. The average molecular weight is 242 g/mol. The van der Waals surface area contributed by atoms with Crippen LogP contribution in [0.25, 0.3) is 0 Å². The SMILES string of the molecule is CCC(C)(C(=O)N(C)C(C)C1CC1)C(N)=S. The highest BCUT2D eigenvalue weighted by molar-refractivity contribution is 7.80. The third-order valence-electron chi connectivity index (χ3n) is 3.96. The number of hydrogen-bond donors (Lipinski definition) is 1. The van der Waals surface area contributed by atoms with E-state index in [2.05, 4.69) is 6.92 Å². The zero-order valence-electron chi connectivity index (χ0n) is 10.6. The molecule has 92 valence electrons. The fourth-order valence-corrected chi connectivity index (χ4v) is 2.13. The zero-order chi connectivity index (χ0) is 12.5. The minimum Gasteiger partial charge on any atom is -0.392 e. The second-order valence-corrected chi connectivity index (χ2v) is 5.48. The Morgan fingerprint density at radius 1 is 1.62 bits per heavy atom. The van der Waals surface area contributed by atoms with Gasteiger partial charge >= 0.3 is 0 Å². The first-order valence-electron chi connectivity index (χ1n) is 5.91. The van der Waals surface area contributed by atoms with E-state index in [4.69, 9.17) is 18.0 Å². The minimum atomic E-state index is -0.687. The molecule has 1 saturated carbocycles. The summed E-state index contributed by atoms with van der Waals surface area (Å²) >= 11 is 5.02. The summed E-state index contributed by atoms with van der Waals surface area (Å²) in [5.41, 5.74) is 5.01. The molecule has 1 rings (SSSR count). The molecular formula is C12H22N2OS. The van der Waals surface area contributed by atoms with Crippen molar-refractivity contribution in [2.24, 2.45) is 17.1 Å². The summed E-state index contributed by atoms with van der Waals surface area (Å²) in [6.45, 7) is 5.89. The lowest BCUT2D eigenvalue weighted by molar-refractivity contribution is -0.138. The van der Waals surface area contributed by atoms with Crippen molar-refractivity contribution in [1.82, 2.24) is 4.90 Å². The van der Waals surface area contributed by atoms with Gasteiger partial charge in [0.25, 0.3) is 0 Å². The number of hydrogen-bond acceptors (Lipinski definition) is 2. The summed E-state index contributed by atoms with van der Waals surface area (Å²) in [5, 5.41) is 0. The van der Waals surface area contributed by atoms with E-state index in [0.717, 1.165) is 0 Å². The molecule has 1 aliphatic rings. The standard InChI is InChI=1S/C12H22N2OS/c1-5-12(3,10(13)16)11(15)14(4)8(2)9-6-7-9/h8-9H,5-7H2,1-4H3,(H2,13,16). The summed E-state index contributed by atoms with van der Waals surface area (Å²) in [5.74, 6) is 0.725. The van der Waals surface area contributed by atoms with E-state index in [-0.39, 0.29) is 5.91 Å². The van der Waals surface area contributed by atoms with Gasteiger partial charge in [-0.25, -0.2) is 0 Å². The van der Waals surface area contributed by atoms with E-state index in [9.17, 15) is 4.79 Å². The van der Waals surface area contributed by atoms with Crippen molar-refractivity contribution in [2.45, 2.75) is 46.1 Å². The summed E-state index contributed by atoms with van der Waals surface area (Å²) in [6.07, 6.45) is 3.12. The topological polar surface area (TPSA) is 46.3 Å². The van der Waals surface area contributed by atoms with Gasteiger partial charge in [-0.2, -0.15) is 0 Å². The average Bonchev–Trinajstić information content (AvgIpc) is 3.08. The molecule has 0 aromatic heterocycles. The van der Waals surface area contributed by atoms with Crippen molar-refractivity contribution in [2.75, 3.05) is 7.05 Å². The van der Waals surface area contributed by atoms with Gasteiger partial charge in [-0.1, -0.05) is 19.1 Å². The van der Waals surface area contributed by atoms with Gasteiger partial charge in [0.05, 0.1) is 10.4 Å². The molecule has 0 heterocycles. The number of rotatable bonds is 5. The number of amides is 1. The molecule has 0 aliphatic heterocycles. The lowest BCUT2D eigenvalue weighted by Crippen LogP contribution is -2.50. The Balaban J connectivity index is 2.77. The Hall–Kier alpha value is -0.640. The number of carbonyl (C=O) groups is 1. The third-order valence-corrected chi connectivity index (χ3v) is 4.41. The van der Waals surface area contributed by atoms with Gasteiger partial charge in [0, 0.05) is 13.1 Å². The van der Waals surface area contributed by atoms with Crippen LogP contribution < -0.4 is 5.73 Å². The maximum atomic E-state index is 12.4. The van der Waals surface area contributed by atoms with Crippen LogP contribution in [-0.4, -0.2) is 28.9 Å². The Bertz CT molecular complexity index is 301. The quantitative estimate of drug-likeness (QED) is 0.750. The summed E-state index contributed by atoms with van der Waals surface area (Å²) < 4.78 is 0. The highest BCUT2D eigenvalue weighted by Crippen LogP contribution is 2.36. The molecule has 0 radical (unpaired) electrons. The molecule has 2 N–H and O–H groups in total. The van der Waals surface area contributed by atoms with Crippen molar-refractivity contribution in [3.8, 4) is 0 Å². The molecule has 0 saturated heterocycles. The van der Waals surface area contributed by atoms with Crippen LogP contribution in [0, 0.1) is 11.3 Å². The minimum absolute atomic E-state index is 0.0573. The van der Waals surface area contributed by atoms with Gasteiger partial charge < -0.3 is 10.6 Å². The summed E-state index contributed by atoms with van der Waals surface area (Å²) in [7, 11) is 1.86. The molecule has 1 aliphatic carbocycles. The lowest BCUT2D eigenvalue weighted by atomic mass is 9.85. The van der Waals surface area contributed by atoms with Crippen molar-refractivity contribution in [3.05, 3.63) is 0 Å². The Morgan fingerprint density at radius 2 is 2.12 bits per heavy atom. The molecule has 2 atom stereocenters. The van der Waals surface area contributed by atoms with Crippen LogP contribution in [0.5, 0.6) is 0 Å². The van der Waals surface area contributed by atoms with Crippen molar-refractivity contribution in [3.63, 3.8) is 0 Å². The Morgan fingerprint density at radius 3 is 2.44 bits per heavy atom. The van der Waals surface area contributed by atoms with Crippen molar-refractivity contribution >= 4 is 23.1 Å². The molecule has 4 heteroatoms. The number of nitrogens with zero attached hydrogens (tertiary/aromatic N) is 1. The molecule has 1 fully saturated rings. The number of carbonyl (C=O) groups excluding carboxylic acids is 1. The fourth-order valence-electron chi connectivity index (χ4n) is 1.90. The van der Waals surface area contributed by atoms with Crippen LogP contribution in [0.3, 0.4) is 0 Å². The molecule has 16 heavy (non-hydrogen) atoms. The molecule has 0 aromatic rings. The number of nitrogens with two attached hydrogens (primary N) is 1. The second kappa shape index (κ2) is 4.70. The van der Waals surface area contributed by atoms with E-state index < -0.39 is 5.41 Å². The van der Waals surface area contributed by atoms with Crippen LogP contribution in [0.2, 0.25) is 0 Å². The van der Waals surface area contributed by atoms with Crippen LogP contribution in [0.15, 0.2) is 0 Å². The molecule has 0 spiro atoms. The predicted molar refractivity (Wildman–Crippen MR) is 70.1 cm³/mol. The highest BCUT2D eigenvalue weighted by atomic mass is 32.1. The van der Waals surface area contributed by atoms with Crippen molar-refractivity contribution in [1.29, 1.82) is 0 Å². The molecule has 3 nitrogen and oxygen atoms in total. The smallest absolute Gasteiger partial charge is 0.235 e. The van der Waals surface area contributed by atoms with Crippen LogP contribution >= 0.6 is 12.2 Å². The monoisotopic (exact) mass is 242 g/mol. The molecule has 2 unspecified atom stereocenters. The first-order chi connectivity index (χ1) is 7.34. The number of thiocarbonyl (C=S) groups is 1. The highest BCUT2D eigenvalue weighted by Gasteiger charge is 2.41. The van der Waals surface area contributed by atoms with Gasteiger partial charge in [0.1, 0.15) is 0 Å². The van der Waals surface area contributed by atoms with Gasteiger partial charge in [-0.3, -0.25) is 4.79 Å². The van der Waals surface area contributed by atoms with E-state index in [1.54, 1.807) is 0 Å². The Kier molecular flexibility index (Phi) is 3.94. The van der Waals surface area contributed by atoms with Crippen molar-refractivity contribution < 1.29 is 4.79 Å². The molecular weight excluding hydrogens is 220 g/mol. The van der Waals surface area contributed by atoms with Crippen LogP contribution in [0.4, 0.5) is 0 Å². The lowest BCUT2D eigenvalue weighted by Gasteiger charge is -2.34. The summed E-state index contributed by atoms with van der Waals surface area (Å²) in [6, 6.07) is 0.299. The molecule has 0 bridgehead atoms. The van der Waals surface area contributed by atoms with Crippen LogP contribution in [0.1, 0.15) is 40.0 Å². The molecule has 1 amide bonds. The largest absolute Gasteiger partial charge is 0.392 e. The second-order valence-electron chi connectivity index (χ2n) is 5.04. The van der Waals surface area contributed by atoms with Gasteiger partial charge in [0.2, 0.25) is 5.91 Å².